The minimum Gasteiger partial charge on any atom is -0.497 e. The molecule has 27 heavy (non-hydrogen) atoms. The lowest BCUT2D eigenvalue weighted by molar-refractivity contribution is -0.0236. The second-order valence-electron chi connectivity index (χ2n) is 7.69. The summed E-state index contributed by atoms with van der Waals surface area (Å²) in [5.41, 5.74) is 0.668. The van der Waals surface area contributed by atoms with Gasteiger partial charge in [-0.25, -0.2) is 0 Å². The molecule has 1 saturated carbocycles. The summed E-state index contributed by atoms with van der Waals surface area (Å²) in [6.45, 7) is 6.36. The third-order valence-electron chi connectivity index (χ3n) is 5.68. The zero-order valence-electron chi connectivity index (χ0n) is 16.7. The van der Waals surface area contributed by atoms with Crippen molar-refractivity contribution in [3.05, 3.63) is 29.8 Å². The van der Waals surface area contributed by atoms with E-state index in [4.69, 9.17) is 4.74 Å². The number of nitrogens with one attached hydrogen (secondary N) is 2. The number of guanidine groups is 1. The fourth-order valence-corrected chi connectivity index (χ4v) is 3.86. The Morgan fingerprint density at radius 1 is 1.26 bits per heavy atom. The Morgan fingerprint density at radius 2 is 2.04 bits per heavy atom. The number of methoxy groups -OCH3 is 1. The first-order chi connectivity index (χ1) is 13.1. The van der Waals surface area contributed by atoms with Gasteiger partial charge in [0.15, 0.2) is 5.96 Å². The maximum absolute atomic E-state index is 10.3. The fraction of sp³-hybridized carbons (Fsp3) is 0.667. The smallest absolute Gasteiger partial charge is 0.191 e. The molecule has 3 rings (SSSR count). The van der Waals surface area contributed by atoms with E-state index in [9.17, 15) is 5.11 Å². The van der Waals surface area contributed by atoms with Gasteiger partial charge < -0.3 is 20.5 Å². The molecule has 6 nitrogen and oxygen atoms in total. The molecule has 1 aromatic carbocycles. The van der Waals surface area contributed by atoms with Gasteiger partial charge >= 0.3 is 0 Å². The minimum absolute atomic E-state index is 0.276. The van der Waals surface area contributed by atoms with Crippen LogP contribution >= 0.6 is 0 Å². The maximum Gasteiger partial charge on any atom is 0.191 e. The molecular weight excluding hydrogens is 340 g/mol. The van der Waals surface area contributed by atoms with Gasteiger partial charge in [0, 0.05) is 13.1 Å². The molecule has 1 saturated heterocycles. The summed E-state index contributed by atoms with van der Waals surface area (Å²) in [7, 11) is 1.71. The van der Waals surface area contributed by atoms with E-state index in [1.165, 1.54) is 18.4 Å². The molecule has 150 valence electrons. The van der Waals surface area contributed by atoms with E-state index in [1.54, 1.807) is 7.11 Å². The zero-order chi connectivity index (χ0) is 19.1. The molecule has 1 aliphatic carbocycles. The van der Waals surface area contributed by atoms with Crippen molar-refractivity contribution in [3.63, 3.8) is 0 Å². The number of hydrogen-bond donors (Lipinski definition) is 3. The summed E-state index contributed by atoms with van der Waals surface area (Å²) >= 11 is 0. The topological polar surface area (TPSA) is 69.1 Å². The molecule has 0 radical (unpaired) electrons. The second-order valence-corrected chi connectivity index (χ2v) is 7.69. The lowest BCUT2D eigenvalue weighted by Crippen LogP contribution is -2.45. The van der Waals surface area contributed by atoms with Gasteiger partial charge in [0.2, 0.25) is 0 Å². The number of aliphatic hydroxyl groups is 1. The third kappa shape index (κ3) is 5.36. The highest BCUT2D eigenvalue weighted by Gasteiger charge is 2.34. The molecule has 1 aliphatic heterocycles. The molecule has 0 aromatic heterocycles. The van der Waals surface area contributed by atoms with Crippen LogP contribution in [0.4, 0.5) is 0 Å². The molecule has 3 N–H and O–H groups in total. The van der Waals surface area contributed by atoms with Gasteiger partial charge in [-0.05, 0) is 69.8 Å². The number of likely N-dealkylation sites (tertiary alicyclic amines) is 1. The minimum atomic E-state index is -0.594. The summed E-state index contributed by atoms with van der Waals surface area (Å²) in [5.74, 6) is 1.68. The van der Waals surface area contributed by atoms with Crippen LogP contribution in [0.15, 0.2) is 29.3 Å². The molecule has 1 aromatic rings. The molecule has 0 spiro atoms. The SMILES string of the molecule is CCNC(=NCC1(O)CCC1)NCC(c1cccc(OC)c1)N1CCCC1. The van der Waals surface area contributed by atoms with Crippen LogP contribution in [-0.4, -0.2) is 61.4 Å². The van der Waals surface area contributed by atoms with Crippen molar-refractivity contribution in [1.29, 1.82) is 0 Å². The lowest BCUT2D eigenvalue weighted by Gasteiger charge is -2.35. The summed E-state index contributed by atoms with van der Waals surface area (Å²) in [6.07, 6.45) is 5.32. The fourth-order valence-electron chi connectivity index (χ4n) is 3.86. The first-order valence-corrected chi connectivity index (χ1v) is 10.3. The number of ether oxygens (including phenoxy) is 1. The van der Waals surface area contributed by atoms with E-state index in [-0.39, 0.29) is 6.04 Å². The molecule has 1 atom stereocenters. The summed E-state index contributed by atoms with van der Waals surface area (Å²) in [6, 6.07) is 8.63. The standard InChI is InChI=1S/C21H34N4O2/c1-3-22-20(24-16-21(26)10-7-11-21)23-15-19(25-12-4-5-13-25)17-8-6-9-18(14-17)27-2/h6,8-9,14,19,26H,3-5,7,10-13,15-16H2,1-2H3,(H2,22,23,24). The zero-order valence-corrected chi connectivity index (χ0v) is 16.7. The lowest BCUT2D eigenvalue weighted by atomic mass is 9.80. The molecule has 0 amide bonds. The number of rotatable bonds is 8. The molecule has 2 aliphatic rings. The van der Waals surface area contributed by atoms with E-state index in [0.717, 1.165) is 57.2 Å². The van der Waals surface area contributed by atoms with Crippen LogP contribution in [0.5, 0.6) is 5.75 Å². The van der Waals surface area contributed by atoms with Crippen molar-refractivity contribution in [2.75, 3.05) is 39.8 Å². The van der Waals surface area contributed by atoms with Gasteiger partial charge in [0.25, 0.3) is 0 Å². The molecule has 0 bridgehead atoms. The van der Waals surface area contributed by atoms with Crippen molar-refractivity contribution >= 4 is 5.96 Å². The number of hydrogen-bond acceptors (Lipinski definition) is 4. The Labute approximate surface area is 163 Å². The quantitative estimate of drug-likeness (QED) is 0.481. The van der Waals surface area contributed by atoms with Gasteiger partial charge in [-0.1, -0.05) is 12.1 Å². The van der Waals surface area contributed by atoms with Gasteiger partial charge in [0.1, 0.15) is 5.75 Å². The van der Waals surface area contributed by atoms with Crippen LogP contribution in [0.25, 0.3) is 0 Å². The second kappa shape index (κ2) is 9.42. The average Bonchev–Trinajstić information content (AvgIpc) is 3.19. The van der Waals surface area contributed by atoms with Gasteiger partial charge in [-0.2, -0.15) is 0 Å². The van der Waals surface area contributed by atoms with Crippen LogP contribution in [0, 0.1) is 0 Å². The Kier molecular flexibility index (Phi) is 6.96. The summed E-state index contributed by atoms with van der Waals surface area (Å²) in [5, 5.41) is 17.1. The van der Waals surface area contributed by atoms with E-state index in [2.05, 4.69) is 45.6 Å². The van der Waals surface area contributed by atoms with Crippen LogP contribution in [-0.2, 0) is 0 Å². The Balaban J connectivity index is 1.69. The van der Waals surface area contributed by atoms with Gasteiger partial charge in [-0.3, -0.25) is 9.89 Å². The molecule has 6 heteroatoms. The predicted octanol–water partition coefficient (Wildman–Crippen LogP) is 2.30. The summed E-state index contributed by atoms with van der Waals surface area (Å²) in [4.78, 5) is 7.17. The van der Waals surface area contributed by atoms with Crippen LogP contribution in [0.1, 0.15) is 50.6 Å². The van der Waals surface area contributed by atoms with E-state index in [0.29, 0.717) is 6.54 Å². The van der Waals surface area contributed by atoms with Crippen molar-refractivity contribution in [2.45, 2.75) is 50.7 Å². The molecule has 1 unspecified atom stereocenters. The number of nitrogens with zero attached hydrogens (tertiary/aromatic N) is 2. The molecule has 2 fully saturated rings. The van der Waals surface area contributed by atoms with Crippen LogP contribution < -0.4 is 15.4 Å². The van der Waals surface area contributed by atoms with Crippen molar-refractivity contribution in [1.82, 2.24) is 15.5 Å². The van der Waals surface area contributed by atoms with E-state index < -0.39 is 5.60 Å². The predicted molar refractivity (Wildman–Crippen MR) is 109 cm³/mol. The van der Waals surface area contributed by atoms with Gasteiger partial charge in [0.05, 0.1) is 25.3 Å². The number of benzene rings is 1. The first kappa shape index (κ1) is 20.0. The van der Waals surface area contributed by atoms with Crippen LogP contribution in [0.2, 0.25) is 0 Å². The highest BCUT2D eigenvalue weighted by molar-refractivity contribution is 5.79. The van der Waals surface area contributed by atoms with E-state index >= 15 is 0 Å². The Hall–Kier alpha value is -1.79. The third-order valence-corrected chi connectivity index (χ3v) is 5.68. The van der Waals surface area contributed by atoms with Gasteiger partial charge in [-0.15, -0.1) is 0 Å². The first-order valence-electron chi connectivity index (χ1n) is 10.3. The normalized spacial score (nSPS) is 20.8. The highest BCUT2D eigenvalue weighted by Crippen LogP contribution is 2.31. The van der Waals surface area contributed by atoms with E-state index in [1.807, 2.05) is 6.07 Å². The van der Waals surface area contributed by atoms with Crippen LogP contribution in [0.3, 0.4) is 0 Å². The Bertz CT molecular complexity index is 624. The van der Waals surface area contributed by atoms with Crippen molar-refractivity contribution in [3.8, 4) is 5.75 Å². The highest BCUT2D eigenvalue weighted by atomic mass is 16.5. The Morgan fingerprint density at radius 3 is 2.67 bits per heavy atom. The largest absolute Gasteiger partial charge is 0.497 e. The monoisotopic (exact) mass is 374 g/mol. The molecule has 1 heterocycles. The van der Waals surface area contributed by atoms with Crippen molar-refractivity contribution < 1.29 is 9.84 Å². The molecular formula is C21H34N4O2. The summed E-state index contributed by atoms with van der Waals surface area (Å²) < 4.78 is 5.42. The van der Waals surface area contributed by atoms with Crippen molar-refractivity contribution in [2.24, 2.45) is 4.99 Å². The average molecular weight is 375 g/mol. The maximum atomic E-state index is 10.3. The number of aliphatic imine (C=N–C) groups is 1.